The lowest BCUT2D eigenvalue weighted by molar-refractivity contribution is -0.139. The molecule has 0 unspecified atom stereocenters. The van der Waals surface area contributed by atoms with Crippen LogP contribution in [0.25, 0.3) is 0 Å². The van der Waals surface area contributed by atoms with Crippen LogP contribution in [0.4, 0.5) is 0 Å². The van der Waals surface area contributed by atoms with Crippen LogP contribution in [-0.2, 0) is 4.79 Å². The Morgan fingerprint density at radius 2 is 1.96 bits per heavy atom. The summed E-state index contributed by atoms with van der Waals surface area (Å²) in [5, 5.41) is 12.0. The molecule has 0 saturated heterocycles. The maximum absolute atomic E-state index is 12.5. The largest absolute Gasteiger partial charge is 0.480 e. The van der Waals surface area contributed by atoms with E-state index in [1.165, 1.54) is 0 Å². The van der Waals surface area contributed by atoms with Crippen LogP contribution in [0.2, 0.25) is 0 Å². The van der Waals surface area contributed by atoms with Crippen LogP contribution in [0.1, 0.15) is 30.1 Å². The van der Waals surface area contributed by atoms with Crippen molar-refractivity contribution in [2.24, 2.45) is 0 Å². The molecule has 1 fully saturated rings. The number of carbonyl (C=O) groups excluding carboxylic acids is 1. The lowest BCUT2D eigenvalue weighted by Gasteiger charge is -2.42. The molecule has 7 heteroatoms. The molecule has 1 aromatic carbocycles. The zero-order valence-corrected chi connectivity index (χ0v) is 15.2. The van der Waals surface area contributed by atoms with E-state index in [-0.39, 0.29) is 24.5 Å². The number of nitrogens with zero attached hydrogens (tertiary/aromatic N) is 2. The molecule has 1 aliphatic rings. The van der Waals surface area contributed by atoms with Gasteiger partial charge in [-0.25, -0.2) is 0 Å². The first-order valence-electron chi connectivity index (χ1n) is 8.99. The standard InChI is InChI=1S/C20H23N3O4/c1-2-23(13-19(24)25)16-11-15(12-16)22-20(26)14-4-3-5-18(10-14)27-17-6-8-21-9-7-17/h3-10,15-16H,2,11-13H2,1H3,(H,22,26)(H,24,25). The molecule has 142 valence electrons. The lowest BCUT2D eigenvalue weighted by Crippen LogP contribution is -2.54. The Kier molecular flexibility index (Phi) is 6.03. The molecule has 0 atom stereocenters. The van der Waals surface area contributed by atoms with Gasteiger partial charge < -0.3 is 15.2 Å². The molecule has 0 bridgehead atoms. The number of rotatable bonds is 8. The fourth-order valence-electron chi connectivity index (χ4n) is 3.19. The fourth-order valence-corrected chi connectivity index (χ4v) is 3.19. The summed E-state index contributed by atoms with van der Waals surface area (Å²) in [7, 11) is 0. The molecular weight excluding hydrogens is 346 g/mol. The van der Waals surface area contributed by atoms with Gasteiger partial charge in [0.05, 0.1) is 6.54 Å². The number of carboxylic acids is 1. The predicted octanol–water partition coefficient (Wildman–Crippen LogP) is 2.54. The zero-order chi connectivity index (χ0) is 19.2. The van der Waals surface area contributed by atoms with Gasteiger partial charge in [-0.15, -0.1) is 0 Å². The third-order valence-electron chi connectivity index (χ3n) is 4.69. The minimum atomic E-state index is -0.824. The third-order valence-corrected chi connectivity index (χ3v) is 4.69. The van der Waals surface area contributed by atoms with E-state index >= 15 is 0 Å². The van der Waals surface area contributed by atoms with Crippen molar-refractivity contribution >= 4 is 11.9 Å². The van der Waals surface area contributed by atoms with Crippen LogP contribution in [0, 0.1) is 0 Å². The van der Waals surface area contributed by atoms with Gasteiger partial charge in [0, 0.05) is 30.0 Å². The van der Waals surface area contributed by atoms with Crippen molar-refractivity contribution in [2.45, 2.75) is 31.8 Å². The van der Waals surface area contributed by atoms with Crippen LogP contribution >= 0.6 is 0 Å². The molecule has 1 saturated carbocycles. The van der Waals surface area contributed by atoms with E-state index in [1.54, 1.807) is 48.8 Å². The number of carbonyl (C=O) groups is 2. The molecule has 1 amide bonds. The molecule has 27 heavy (non-hydrogen) atoms. The first-order valence-corrected chi connectivity index (χ1v) is 8.99. The number of amides is 1. The van der Waals surface area contributed by atoms with Crippen molar-refractivity contribution in [3.05, 3.63) is 54.4 Å². The second kappa shape index (κ2) is 8.64. The van der Waals surface area contributed by atoms with E-state index in [1.807, 2.05) is 11.8 Å². The average molecular weight is 369 g/mol. The maximum Gasteiger partial charge on any atom is 0.317 e. The van der Waals surface area contributed by atoms with Gasteiger partial charge in [0.15, 0.2) is 0 Å². The fraction of sp³-hybridized carbons (Fsp3) is 0.350. The summed E-state index contributed by atoms with van der Waals surface area (Å²) in [6.45, 7) is 2.67. The van der Waals surface area contributed by atoms with Gasteiger partial charge in [-0.2, -0.15) is 0 Å². The molecule has 0 radical (unpaired) electrons. The number of carboxylic acid groups (broad SMARTS) is 1. The summed E-state index contributed by atoms with van der Waals surface area (Å²) in [5.41, 5.74) is 0.530. The number of ether oxygens (including phenoxy) is 1. The Bertz CT molecular complexity index is 791. The number of aliphatic carboxylic acids is 1. The number of nitrogens with one attached hydrogen (secondary N) is 1. The summed E-state index contributed by atoms with van der Waals surface area (Å²) in [5.74, 6) is 0.261. The van der Waals surface area contributed by atoms with Crippen molar-refractivity contribution in [3.63, 3.8) is 0 Å². The Balaban J connectivity index is 1.53. The number of aromatic nitrogens is 1. The average Bonchev–Trinajstić information content (AvgIpc) is 2.63. The predicted molar refractivity (Wildman–Crippen MR) is 99.9 cm³/mol. The Morgan fingerprint density at radius 3 is 2.63 bits per heavy atom. The highest BCUT2D eigenvalue weighted by molar-refractivity contribution is 5.94. The lowest BCUT2D eigenvalue weighted by atomic mass is 9.85. The highest BCUT2D eigenvalue weighted by Crippen LogP contribution is 2.26. The van der Waals surface area contributed by atoms with Crippen molar-refractivity contribution < 1.29 is 19.4 Å². The first kappa shape index (κ1) is 18.8. The molecule has 1 aliphatic carbocycles. The van der Waals surface area contributed by atoms with Crippen LogP contribution in [-0.4, -0.2) is 52.0 Å². The summed E-state index contributed by atoms with van der Waals surface area (Å²) in [6.07, 6.45) is 4.81. The highest BCUT2D eigenvalue weighted by atomic mass is 16.5. The summed E-state index contributed by atoms with van der Waals surface area (Å²) < 4.78 is 5.73. The normalized spacial score (nSPS) is 18.6. The highest BCUT2D eigenvalue weighted by Gasteiger charge is 2.34. The third kappa shape index (κ3) is 5.04. The summed E-state index contributed by atoms with van der Waals surface area (Å²) in [6, 6.07) is 10.8. The van der Waals surface area contributed by atoms with Crippen molar-refractivity contribution in [2.75, 3.05) is 13.1 Å². The number of pyridine rings is 1. The topological polar surface area (TPSA) is 91.8 Å². The van der Waals surface area contributed by atoms with E-state index < -0.39 is 5.97 Å². The smallest absolute Gasteiger partial charge is 0.317 e. The van der Waals surface area contributed by atoms with Crippen LogP contribution < -0.4 is 10.1 Å². The van der Waals surface area contributed by atoms with E-state index in [2.05, 4.69) is 10.3 Å². The summed E-state index contributed by atoms with van der Waals surface area (Å²) in [4.78, 5) is 29.3. The van der Waals surface area contributed by atoms with E-state index in [0.717, 1.165) is 12.8 Å². The zero-order valence-electron chi connectivity index (χ0n) is 15.2. The van der Waals surface area contributed by atoms with Gasteiger partial charge in [0.2, 0.25) is 0 Å². The van der Waals surface area contributed by atoms with Crippen molar-refractivity contribution in [3.8, 4) is 11.5 Å². The molecule has 3 rings (SSSR count). The van der Waals surface area contributed by atoms with Gasteiger partial charge in [-0.05, 0) is 49.7 Å². The second-order valence-electron chi connectivity index (χ2n) is 6.57. The van der Waals surface area contributed by atoms with Gasteiger partial charge in [0.25, 0.3) is 5.91 Å². The van der Waals surface area contributed by atoms with Gasteiger partial charge in [-0.3, -0.25) is 19.5 Å². The van der Waals surface area contributed by atoms with Crippen LogP contribution in [0.3, 0.4) is 0 Å². The Hall–Kier alpha value is -2.93. The Morgan fingerprint density at radius 1 is 1.22 bits per heavy atom. The second-order valence-corrected chi connectivity index (χ2v) is 6.57. The SMILES string of the molecule is CCN(CC(=O)O)C1CC(NC(=O)c2cccc(Oc3ccncc3)c2)C1. The maximum atomic E-state index is 12.5. The molecular formula is C20H23N3O4. The summed E-state index contributed by atoms with van der Waals surface area (Å²) >= 11 is 0. The quantitative estimate of drug-likeness (QED) is 0.743. The van der Waals surface area contributed by atoms with Gasteiger partial charge >= 0.3 is 5.97 Å². The number of hydrogen-bond acceptors (Lipinski definition) is 5. The minimum absolute atomic E-state index is 0.0379. The van der Waals surface area contributed by atoms with Crippen LogP contribution in [0.5, 0.6) is 11.5 Å². The molecule has 2 N–H and O–H groups in total. The minimum Gasteiger partial charge on any atom is -0.480 e. The van der Waals surface area contributed by atoms with Gasteiger partial charge in [-0.1, -0.05) is 13.0 Å². The number of hydrogen-bond donors (Lipinski definition) is 2. The van der Waals surface area contributed by atoms with Crippen molar-refractivity contribution in [1.29, 1.82) is 0 Å². The van der Waals surface area contributed by atoms with E-state index in [9.17, 15) is 9.59 Å². The number of likely N-dealkylation sites (N-methyl/N-ethyl adjacent to an activating group) is 1. The Labute approximate surface area is 158 Å². The molecule has 7 nitrogen and oxygen atoms in total. The molecule has 1 heterocycles. The number of benzene rings is 1. The molecule has 0 aliphatic heterocycles. The monoisotopic (exact) mass is 369 g/mol. The molecule has 2 aromatic rings. The van der Waals surface area contributed by atoms with Crippen LogP contribution in [0.15, 0.2) is 48.8 Å². The van der Waals surface area contributed by atoms with E-state index in [0.29, 0.717) is 23.6 Å². The molecule has 1 aromatic heterocycles. The van der Waals surface area contributed by atoms with Crippen molar-refractivity contribution in [1.82, 2.24) is 15.2 Å². The first-order chi connectivity index (χ1) is 13.0. The molecule has 0 spiro atoms. The van der Waals surface area contributed by atoms with E-state index in [4.69, 9.17) is 9.84 Å². The van der Waals surface area contributed by atoms with Gasteiger partial charge in [0.1, 0.15) is 11.5 Å².